The molecule has 2 aliphatic rings. The van der Waals surface area contributed by atoms with Crippen LogP contribution in [-0.4, -0.2) is 59.0 Å². The average molecular weight is 381 g/mol. The lowest BCUT2D eigenvalue weighted by molar-refractivity contribution is -0.180. The summed E-state index contributed by atoms with van der Waals surface area (Å²) in [6, 6.07) is 13.1. The number of piperidine rings is 1. The lowest BCUT2D eigenvalue weighted by atomic mass is 9.76. The molecule has 0 bridgehead atoms. The SMILES string of the molecule is CN1C(=O)CO[C@@H]2CN(C(=O)c3cccn(C)c3=O)CC[C@]21c1ccccc1. The summed E-state index contributed by atoms with van der Waals surface area (Å²) in [7, 11) is 3.43. The fourth-order valence-electron chi connectivity index (χ4n) is 4.34. The van der Waals surface area contributed by atoms with Gasteiger partial charge in [-0.2, -0.15) is 0 Å². The molecule has 146 valence electrons. The molecule has 0 aliphatic carbocycles. The van der Waals surface area contributed by atoms with Gasteiger partial charge in [-0.15, -0.1) is 0 Å². The standard InChI is InChI=1S/C21H23N3O4/c1-22-11-6-9-16(19(22)26)20(27)24-12-10-21(15-7-4-3-5-8-15)17(13-24)28-14-18(25)23(21)2/h3-9,11,17H,10,12-14H2,1-2H3/t17-,21+/m1/s1. The predicted molar refractivity (Wildman–Crippen MR) is 103 cm³/mol. The Bertz CT molecular complexity index is 971. The van der Waals surface area contributed by atoms with Gasteiger partial charge in [0.1, 0.15) is 18.3 Å². The van der Waals surface area contributed by atoms with Gasteiger partial charge >= 0.3 is 0 Å². The van der Waals surface area contributed by atoms with E-state index < -0.39 is 5.54 Å². The zero-order valence-corrected chi connectivity index (χ0v) is 16.0. The van der Waals surface area contributed by atoms with E-state index in [9.17, 15) is 14.4 Å². The van der Waals surface area contributed by atoms with Crippen molar-refractivity contribution in [1.82, 2.24) is 14.4 Å². The van der Waals surface area contributed by atoms with E-state index in [2.05, 4.69) is 0 Å². The van der Waals surface area contributed by atoms with Crippen molar-refractivity contribution < 1.29 is 14.3 Å². The summed E-state index contributed by atoms with van der Waals surface area (Å²) in [5.41, 5.74) is 0.217. The van der Waals surface area contributed by atoms with Crippen molar-refractivity contribution in [3.63, 3.8) is 0 Å². The number of morpholine rings is 1. The number of amides is 2. The zero-order valence-electron chi connectivity index (χ0n) is 16.0. The van der Waals surface area contributed by atoms with Crippen LogP contribution in [0.25, 0.3) is 0 Å². The van der Waals surface area contributed by atoms with Crippen molar-refractivity contribution in [2.45, 2.75) is 18.1 Å². The van der Waals surface area contributed by atoms with Gasteiger partial charge in [-0.05, 0) is 24.1 Å². The number of pyridine rings is 1. The Kier molecular flexibility index (Phi) is 4.55. The van der Waals surface area contributed by atoms with Crippen molar-refractivity contribution >= 4 is 11.8 Å². The second-order valence-corrected chi connectivity index (χ2v) is 7.38. The molecular formula is C21H23N3O4. The van der Waals surface area contributed by atoms with E-state index in [1.54, 1.807) is 42.2 Å². The molecule has 4 rings (SSSR count). The number of fused-ring (bicyclic) bond motifs is 1. The molecule has 3 heterocycles. The van der Waals surface area contributed by atoms with Crippen LogP contribution in [0.5, 0.6) is 0 Å². The van der Waals surface area contributed by atoms with Gasteiger partial charge in [0.05, 0.1) is 5.54 Å². The van der Waals surface area contributed by atoms with Crippen LogP contribution in [0.15, 0.2) is 53.5 Å². The van der Waals surface area contributed by atoms with E-state index in [0.29, 0.717) is 19.5 Å². The summed E-state index contributed by atoms with van der Waals surface area (Å²) in [6.45, 7) is 0.748. The second kappa shape index (κ2) is 6.91. The molecule has 2 amide bonds. The third-order valence-electron chi connectivity index (χ3n) is 5.98. The number of aryl methyl sites for hydroxylation is 1. The number of aromatic nitrogens is 1. The number of hydrogen-bond donors (Lipinski definition) is 0. The van der Waals surface area contributed by atoms with Crippen LogP contribution in [0.2, 0.25) is 0 Å². The first-order valence-corrected chi connectivity index (χ1v) is 9.34. The molecule has 2 aromatic rings. The second-order valence-electron chi connectivity index (χ2n) is 7.38. The lowest BCUT2D eigenvalue weighted by Gasteiger charge is -2.54. The Hall–Kier alpha value is -2.93. The lowest BCUT2D eigenvalue weighted by Crippen LogP contribution is -2.67. The summed E-state index contributed by atoms with van der Waals surface area (Å²) in [5.74, 6) is -0.372. The molecule has 0 N–H and O–H groups in total. The number of ether oxygens (including phenoxy) is 1. The van der Waals surface area contributed by atoms with Crippen molar-refractivity contribution in [3.8, 4) is 0 Å². The number of carbonyl (C=O) groups excluding carboxylic acids is 2. The van der Waals surface area contributed by atoms with Crippen molar-refractivity contribution in [1.29, 1.82) is 0 Å². The summed E-state index contributed by atoms with van der Waals surface area (Å²) in [4.78, 5) is 41.2. The Balaban J connectivity index is 1.68. The van der Waals surface area contributed by atoms with Gasteiger partial charge in [-0.3, -0.25) is 14.4 Å². The number of nitrogens with zero attached hydrogens (tertiary/aromatic N) is 3. The number of benzene rings is 1. The minimum Gasteiger partial charge on any atom is -0.364 e. The number of likely N-dealkylation sites (N-methyl/N-ethyl adjacent to an activating group) is 1. The number of carbonyl (C=O) groups is 2. The molecule has 0 spiro atoms. The zero-order chi connectivity index (χ0) is 19.9. The smallest absolute Gasteiger partial charge is 0.263 e. The van der Waals surface area contributed by atoms with Crippen LogP contribution < -0.4 is 5.56 Å². The molecule has 0 saturated carbocycles. The highest BCUT2D eigenvalue weighted by molar-refractivity contribution is 5.94. The maximum absolute atomic E-state index is 13.0. The first-order valence-electron chi connectivity index (χ1n) is 9.34. The molecule has 0 radical (unpaired) electrons. The number of rotatable bonds is 2. The van der Waals surface area contributed by atoms with E-state index in [-0.39, 0.29) is 35.6 Å². The molecule has 2 fully saturated rings. The third-order valence-corrected chi connectivity index (χ3v) is 5.98. The Morgan fingerprint density at radius 3 is 2.61 bits per heavy atom. The first-order chi connectivity index (χ1) is 13.4. The van der Waals surface area contributed by atoms with Crippen LogP contribution in [0.1, 0.15) is 22.3 Å². The van der Waals surface area contributed by atoms with Crippen LogP contribution >= 0.6 is 0 Å². The highest BCUT2D eigenvalue weighted by atomic mass is 16.5. The summed E-state index contributed by atoms with van der Waals surface area (Å²) in [6.07, 6.45) is 1.81. The fraction of sp³-hybridized carbons (Fsp3) is 0.381. The Morgan fingerprint density at radius 1 is 1.11 bits per heavy atom. The monoisotopic (exact) mass is 381 g/mol. The topological polar surface area (TPSA) is 71.8 Å². The Labute approximate surface area is 163 Å². The van der Waals surface area contributed by atoms with Crippen LogP contribution in [0.3, 0.4) is 0 Å². The van der Waals surface area contributed by atoms with Gasteiger partial charge in [0, 0.05) is 33.4 Å². The van der Waals surface area contributed by atoms with Crippen LogP contribution in [0.4, 0.5) is 0 Å². The third kappa shape index (κ3) is 2.74. The maximum atomic E-state index is 13.0. The minimum atomic E-state index is -0.616. The van der Waals surface area contributed by atoms with Crippen molar-refractivity contribution in [3.05, 3.63) is 70.1 Å². The summed E-state index contributed by atoms with van der Waals surface area (Å²) < 4.78 is 7.32. The largest absolute Gasteiger partial charge is 0.364 e. The molecule has 2 saturated heterocycles. The van der Waals surface area contributed by atoms with Gasteiger partial charge in [0.15, 0.2) is 0 Å². The predicted octanol–water partition coefficient (Wildman–Crippen LogP) is 0.984. The van der Waals surface area contributed by atoms with Crippen LogP contribution in [-0.2, 0) is 22.1 Å². The Morgan fingerprint density at radius 2 is 1.86 bits per heavy atom. The van der Waals surface area contributed by atoms with E-state index in [4.69, 9.17) is 4.74 Å². The van der Waals surface area contributed by atoms with Crippen molar-refractivity contribution in [2.24, 2.45) is 7.05 Å². The van der Waals surface area contributed by atoms with Gasteiger partial charge < -0.3 is 19.1 Å². The molecule has 2 aliphatic heterocycles. The number of hydrogen-bond acceptors (Lipinski definition) is 4. The first kappa shape index (κ1) is 18.4. The fourth-order valence-corrected chi connectivity index (χ4v) is 4.34. The van der Waals surface area contributed by atoms with Gasteiger partial charge in [0.2, 0.25) is 5.91 Å². The van der Waals surface area contributed by atoms with Gasteiger partial charge in [-0.1, -0.05) is 30.3 Å². The highest BCUT2D eigenvalue weighted by Gasteiger charge is 2.53. The van der Waals surface area contributed by atoms with E-state index in [0.717, 1.165) is 5.56 Å². The van der Waals surface area contributed by atoms with E-state index in [1.165, 1.54) is 4.57 Å². The minimum absolute atomic E-state index is 0.00904. The normalized spacial score (nSPS) is 24.8. The summed E-state index contributed by atoms with van der Waals surface area (Å²) >= 11 is 0. The number of likely N-dealkylation sites (tertiary alicyclic amines) is 1. The quantitative estimate of drug-likeness (QED) is 0.778. The maximum Gasteiger partial charge on any atom is 0.263 e. The molecular weight excluding hydrogens is 358 g/mol. The van der Waals surface area contributed by atoms with Crippen LogP contribution in [0, 0.1) is 0 Å². The molecule has 7 nitrogen and oxygen atoms in total. The van der Waals surface area contributed by atoms with Crippen molar-refractivity contribution in [2.75, 3.05) is 26.7 Å². The molecule has 28 heavy (non-hydrogen) atoms. The average Bonchev–Trinajstić information content (AvgIpc) is 2.72. The molecule has 7 heteroatoms. The molecule has 2 atom stereocenters. The highest BCUT2D eigenvalue weighted by Crippen LogP contribution is 2.42. The van der Waals surface area contributed by atoms with E-state index >= 15 is 0 Å². The van der Waals surface area contributed by atoms with Gasteiger partial charge in [-0.25, -0.2) is 0 Å². The summed E-state index contributed by atoms with van der Waals surface area (Å²) in [5, 5.41) is 0. The van der Waals surface area contributed by atoms with E-state index in [1.807, 2.05) is 30.3 Å². The molecule has 1 aromatic heterocycles. The molecule has 0 unspecified atom stereocenters. The van der Waals surface area contributed by atoms with Gasteiger partial charge in [0.25, 0.3) is 11.5 Å². The molecule has 1 aromatic carbocycles.